The minimum absolute atomic E-state index is 0.201. The van der Waals surface area contributed by atoms with Gasteiger partial charge in [-0.1, -0.05) is 39.0 Å². The van der Waals surface area contributed by atoms with E-state index in [-0.39, 0.29) is 30.5 Å². The first-order chi connectivity index (χ1) is 15.8. The van der Waals surface area contributed by atoms with Gasteiger partial charge in [-0.25, -0.2) is 4.39 Å². The molecule has 1 saturated heterocycles. The van der Waals surface area contributed by atoms with Gasteiger partial charge >= 0.3 is 0 Å². The van der Waals surface area contributed by atoms with Gasteiger partial charge in [0, 0.05) is 13.1 Å². The van der Waals surface area contributed by atoms with Gasteiger partial charge in [0.2, 0.25) is 0 Å². The Kier molecular flexibility index (Phi) is 7.56. The number of hydrogen-bond donors (Lipinski definition) is 2. The van der Waals surface area contributed by atoms with Crippen LogP contribution in [0.1, 0.15) is 64.0 Å². The zero-order valence-electron chi connectivity index (χ0n) is 19.5. The highest BCUT2D eigenvalue weighted by Gasteiger charge is 2.52. The van der Waals surface area contributed by atoms with Crippen molar-refractivity contribution in [1.29, 1.82) is 0 Å². The first kappa shape index (κ1) is 24.5. The Balaban J connectivity index is 0.00000149. The molecule has 3 amide bonds. The molecule has 0 radical (unpaired) electrons. The SMILES string of the molecule is CC.CCc1cc(CN2CC/C=C3\C(=O)NC4(CCCC4)N3C(=O)/C(O)=C/C2=O)ccc1F. The summed E-state index contributed by atoms with van der Waals surface area (Å²) in [5, 5.41) is 13.4. The normalized spacial score (nSPS) is 23.2. The van der Waals surface area contributed by atoms with E-state index in [9.17, 15) is 23.9 Å². The van der Waals surface area contributed by atoms with Gasteiger partial charge in [0.25, 0.3) is 17.7 Å². The molecule has 4 rings (SSSR count). The molecule has 1 saturated carbocycles. The van der Waals surface area contributed by atoms with Crippen molar-refractivity contribution in [2.75, 3.05) is 6.54 Å². The summed E-state index contributed by atoms with van der Waals surface area (Å²) in [7, 11) is 0. The average molecular weight is 458 g/mol. The summed E-state index contributed by atoms with van der Waals surface area (Å²) in [4.78, 5) is 41.3. The molecule has 2 fully saturated rings. The Morgan fingerprint density at radius 2 is 1.85 bits per heavy atom. The number of aryl methyl sites for hydroxylation is 1. The van der Waals surface area contributed by atoms with Crippen molar-refractivity contribution in [2.45, 2.75) is 71.5 Å². The maximum atomic E-state index is 13.8. The van der Waals surface area contributed by atoms with Gasteiger partial charge in [0.1, 0.15) is 17.2 Å². The van der Waals surface area contributed by atoms with E-state index >= 15 is 0 Å². The fraction of sp³-hybridized carbons (Fsp3) is 0.480. The highest BCUT2D eigenvalue weighted by molar-refractivity contribution is 6.07. The Hall–Kier alpha value is -3.16. The molecule has 178 valence electrons. The van der Waals surface area contributed by atoms with Gasteiger partial charge in [-0.05, 0) is 55.7 Å². The van der Waals surface area contributed by atoms with Crippen LogP contribution in [-0.4, -0.2) is 44.8 Å². The number of aliphatic hydroxyl groups is 1. The van der Waals surface area contributed by atoms with Gasteiger partial charge in [0.05, 0.1) is 6.08 Å². The number of carbonyl (C=O) groups is 3. The lowest BCUT2D eigenvalue weighted by Crippen LogP contribution is -2.52. The third-order valence-corrected chi connectivity index (χ3v) is 6.27. The molecule has 0 atom stereocenters. The predicted molar refractivity (Wildman–Crippen MR) is 122 cm³/mol. The van der Waals surface area contributed by atoms with Crippen LogP contribution in [0.2, 0.25) is 0 Å². The molecule has 8 heteroatoms. The van der Waals surface area contributed by atoms with Crippen molar-refractivity contribution < 1.29 is 23.9 Å². The van der Waals surface area contributed by atoms with Crippen molar-refractivity contribution >= 4 is 17.7 Å². The van der Waals surface area contributed by atoms with Gasteiger partial charge in [-0.3, -0.25) is 19.3 Å². The van der Waals surface area contributed by atoms with E-state index in [2.05, 4.69) is 5.32 Å². The summed E-state index contributed by atoms with van der Waals surface area (Å²) >= 11 is 0. The monoisotopic (exact) mass is 457 g/mol. The Bertz CT molecular complexity index is 995. The summed E-state index contributed by atoms with van der Waals surface area (Å²) < 4.78 is 13.8. The van der Waals surface area contributed by atoms with Gasteiger partial charge in [-0.15, -0.1) is 0 Å². The molecule has 33 heavy (non-hydrogen) atoms. The molecule has 1 aromatic rings. The van der Waals surface area contributed by atoms with Gasteiger partial charge in [-0.2, -0.15) is 0 Å². The smallest absolute Gasteiger partial charge is 0.295 e. The highest BCUT2D eigenvalue weighted by Crippen LogP contribution is 2.40. The summed E-state index contributed by atoms with van der Waals surface area (Å²) in [6.07, 6.45) is 6.42. The molecule has 3 aliphatic rings. The third-order valence-electron chi connectivity index (χ3n) is 6.27. The minimum Gasteiger partial charge on any atom is -0.503 e. The van der Waals surface area contributed by atoms with Crippen LogP contribution < -0.4 is 5.32 Å². The Morgan fingerprint density at radius 1 is 1.15 bits per heavy atom. The largest absolute Gasteiger partial charge is 0.503 e. The van der Waals surface area contributed by atoms with Crippen LogP contribution >= 0.6 is 0 Å². The van der Waals surface area contributed by atoms with Crippen LogP contribution in [0.5, 0.6) is 0 Å². The molecule has 0 aromatic heterocycles. The molecule has 2 aliphatic heterocycles. The van der Waals surface area contributed by atoms with Crippen molar-refractivity contribution in [3.8, 4) is 0 Å². The number of nitrogens with zero attached hydrogens (tertiary/aromatic N) is 2. The molecule has 1 aromatic carbocycles. The van der Waals surface area contributed by atoms with E-state index in [0.29, 0.717) is 31.2 Å². The van der Waals surface area contributed by atoms with Crippen LogP contribution in [0, 0.1) is 5.82 Å². The Morgan fingerprint density at radius 3 is 2.52 bits per heavy atom. The predicted octanol–water partition coefficient (Wildman–Crippen LogP) is 3.70. The Labute approximate surface area is 193 Å². The molecule has 0 unspecified atom stereocenters. The van der Waals surface area contributed by atoms with Gasteiger partial charge in [0.15, 0.2) is 5.76 Å². The second-order valence-corrected chi connectivity index (χ2v) is 8.28. The van der Waals surface area contributed by atoms with Crippen molar-refractivity contribution in [3.63, 3.8) is 0 Å². The lowest BCUT2D eigenvalue weighted by Gasteiger charge is -2.34. The number of fused-ring (bicyclic) bond motifs is 2. The van der Waals surface area contributed by atoms with Crippen molar-refractivity contribution in [1.82, 2.24) is 15.1 Å². The van der Waals surface area contributed by atoms with E-state index in [1.807, 2.05) is 20.8 Å². The molecule has 2 heterocycles. The second kappa shape index (κ2) is 10.2. The van der Waals surface area contributed by atoms with Crippen molar-refractivity contribution in [2.24, 2.45) is 0 Å². The second-order valence-electron chi connectivity index (χ2n) is 8.28. The number of nitrogens with one attached hydrogen (secondary N) is 1. The zero-order valence-corrected chi connectivity index (χ0v) is 19.5. The minimum atomic E-state index is -0.825. The standard InChI is InChI=1S/C23H26FN3O4.C2H6/c1-2-16-12-15(7-8-17(16)24)14-26-11-5-6-18-21(30)25-23(9-3-4-10-23)27(18)22(31)19(28)13-20(26)29;1-2/h6-8,12-13,28H,2-5,9-11,14H2,1H3,(H,25,30);1-2H3/b18-6+,19-13-;. The summed E-state index contributed by atoms with van der Waals surface area (Å²) in [5.74, 6) is -2.59. The maximum Gasteiger partial charge on any atom is 0.295 e. The summed E-state index contributed by atoms with van der Waals surface area (Å²) in [6.45, 7) is 6.34. The van der Waals surface area contributed by atoms with E-state index < -0.39 is 23.2 Å². The quantitative estimate of drug-likeness (QED) is 0.724. The average Bonchev–Trinajstić information content (AvgIpc) is 3.38. The lowest BCUT2D eigenvalue weighted by atomic mass is 10.1. The van der Waals surface area contributed by atoms with Crippen molar-refractivity contribution in [3.05, 3.63) is 58.8 Å². The third kappa shape index (κ3) is 4.79. The summed E-state index contributed by atoms with van der Waals surface area (Å²) in [6, 6.07) is 4.70. The molecule has 2 N–H and O–H groups in total. The van der Waals surface area contributed by atoms with Gasteiger partial charge < -0.3 is 15.3 Å². The first-order valence-electron chi connectivity index (χ1n) is 11.7. The molecule has 7 nitrogen and oxygen atoms in total. The number of halogens is 1. The summed E-state index contributed by atoms with van der Waals surface area (Å²) in [5.41, 5.74) is 0.702. The number of amides is 3. The fourth-order valence-corrected chi connectivity index (χ4v) is 4.69. The highest BCUT2D eigenvalue weighted by atomic mass is 19.1. The number of carbonyl (C=O) groups excluding carboxylic acids is 3. The van der Waals surface area contributed by atoms with Crippen LogP contribution in [-0.2, 0) is 27.3 Å². The van der Waals surface area contributed by atoms with E-state index in [1.165, 1.54) is 15.9 Å². The van der Waals surface area contributed by atoms with E-state index in [4.69, 9.17) is 0 Å². The van der Waals surface area contributed by atoms with Crippen LogP contribution in [0.25, 0.3) is 0 Å². The number of hydrogen-bond acceptors (Lipinski definition) is 4. The molecular formula is C25H32FN3O4. The first-order valence-corrected chi connectivity index (χ1v) is 11.7. The zero-order chi connectivity index (χ0) is 24.2. The topological polar surface area (TPSA) is 90.0 Å². The van der Waals surface area contributed by atoms with E-state index in [1.54, 1.807) is 18.2 Å². The van der Waals surface area contributed by atoms with Crippen LogP contribution in [0.4, 0.5) is 4.39 Å². The molecule has 1 spiro atoms. The number of aliphatic hydroxyl groups excluding tert-OH is 1. The molecule has 0 bridgehead atoms. The number of benzene rings is 1. The lowest BCUT2D eigenvalue weighted by molar-refractivity contribution is -0.134. The molecular weight excluding hydrogens is 425 g/mol. The maximum absolute atomic E-state index is 13.8. The van der Waals surface area contributed by atoms with Crippen LogP contribution in [0.15, 0.2) is 41.8 Å². The number of rotatable bonds is 3. The molecule has 1 aliphatic carbocycles. The fourth-order valence-electron chi connectivity index (χ4n) is 4.69. The van der Waals surface area contributed by atoms with E-state index in [0.717, 1.165) is 24.5 Å². The van der Waals surface area contributed by atoms with Crippen LogP contribution in [0.3, 0.4) is 0 Å².